The Kier molecular flexibility index (Phi) is 2.88. The van der Waals surface area contributed by atoms with Gasteiger partial charge in [-0.25, -0.2) is 0 Å². The van der Waals surface area contributed by atoms with E-state index in [9.17, 15) is 0 Å². The molecular formula is C11H16O. The van der Waals surface area contributed by atoms with Crippen LogP contribution in [0.15, 0.2) is 12.1 Å². The first-order valence-corrected chi connectivity index (χ1v) is 4.21. The van der Waals surface area contributed by atoms with Gasteiger partial charge in [-0.2, -0.15) is 0 Å². The first kappa shape index (κ1) is 9.27. The number of rotatable bonds is 2. The van der Waals surface area contributed by atoms with Crippen LogP contribution in [0.3, 0.4) is 0 Å². The van der Waals surface area contributed by atoms with E-state index in [-0.39, 0.29) is 0 Å². The maximum Gasteiger partial charge on any atom is 0.0713 e. The normalized spacial score (nSPS) is 10.3. The van der Waals surface area contributed by atoms with Crippen LogP contribution >= 0.6 is 0 Å². The molecule has 0 amide bonds. The quantitative estimate of drug-likeness (QED) is 0.653. The van der Waals surface area contributed by atoms with Crippen LogP contribution in [0.1, 0.15) is 22.3 Å². The molecule has 0 saturated heterocycles. The van der Waals surface area contributed by atoms with Crippen molar-refractivity contribution in [3.8, 4) is 0 Å². The summed E-state index contributed by atoms with van der Waals surface area (Å²) >= 11 is 0. The molecule has 0 bridgehead atoms. The Hall–Kier alpha value is -0.820. The molecule has 0 aliphatic rings. The van der Waals surface area contributed by atoms with Gasteiger partial charge in [0.15, 0.2) is 0 Å². The van der Waals surface area contributed by atoms with Gasteiger partial charge in [0.2, 0.25) is 0 Å². The number of aryl methyl sites for hydroxylation is 2. The Morgan fingerprint density at radius 3 is 2.00 bits per heavy atom. The van der Waals surface area contributed by atoms with Crippen LogP contribution in [-0.4, -0.2) is 7.11 Å². The molecule has 12 heavy (non-hydrogen) atoms. The lowest BCUT2D eigenvalue weighted by atomic mass is 10.0. The van der Waals surface area contributed by atoms with E-state index in [1.807, 2.05) is 0 Å². The zero-order chi connectivity index (χ0) is 9.14. The lowest BCUT2D eigenvalue weighted by molar-refractivity contribution is 0.185. The summed E-state index contributed by atoms with van der Waals surface area (Å²) in [6, 6.07) is 4.37. The summed E-state index contributed by atoms with van der Waals surface area (Å²) in [6.45, 7) is 7.15. The second kappa shape index (κ2) is 3.72. The third kappa shape index (κ3) is 1.86. The summed E-state index contributed by atoms with van der Waals surface area (Å²) < 4.78 is 5.08. The molecule has 0 fully saturated rings. The van der Waals surface area contributed by atoms with Crippen molar-refractivity contribution in [2.75, 3.05) is 7.11 Å². The average molecular weight is 164 g/mol. The Bertz CT molecular complexity index is 253. The van der Waals surface area contributed by atoms with E-state index in [2.05, 4.69) is 32.9 Å². The zero-order valence-electron chi connectivity index (χ0n) is 8.27. The van der Waals surface area contributed by atoms with Gasteiger partial charge < -0.3 is 4.74 Å². The number of benzene rings is 1. The summed E-state index contributed by atoms with van der Waals surface area (Å²) in [7, 11) is 1.73. The molecule has 0 radical (unpaired) electrons. The molecule has 0 unspecified atom stereocenters. The smallest absolute Gasteiger partial charge is 0.0713 e. The standard InChI is InChI=1S/C11H16O/c1-8-5-11(7-12-4)6-9(2)10(8)3/h5-6H,7H2,1-4H3. The van der Waals surface area contributed by atoms with E-state index in [0.29, 0.717) is 6.61 Å². The lowest BCUT2D eigenvalue weighted by Gasteiger charge is -2.07. The molecule has 0 N–H and O–H groups in total. The van der Waals surface area contributed by atoms with Crippen molar-refractivity contribution >= 4 is 0 Å². The van der Waals surface area contributed by atoms with Crippen molar-refractivity contribution in [3.63, 3.8) is 0 Å². The Morgan fingerprint density at radius 2 is 1.58 bits per heavy atom. The first-order valence-electron chi connectivity index (χ1n) is 4.21. The number of ether oxygens (including phenoxy) is 1. The molecule has 0 saturated carbocycles. The fourth-order valence-electron chi connectivity index (χ4n) is 1.38. The molecule has 0 aliphatic heterocycles. The molecule has 0 aromatic heterocycles. The zero-order valence-corrected chi connectivity index (χ0v) is 8.27. The van der Waals surface area contributed by atoms with Crippen LogP contribution in [0.2, 0.25) is 0 Å². The maximum atomic E-state index is 5.08. The molecule has 1 nitrogen and oxygen atoms in total. The van der Waals surface area contributed by atoms with Crippen LogP contribution in [0, 0.1) is 20.8 Å². The highest BCUT2D eigenvalue weighted by molar-refractivity contribution is 5.36. The van der Waals surface area contributed by atoms with Gasteiger partial charge in [0.05, 0.1) is 6.61 Å². The van der Waals surface area contributed by atoms with Crippen molar-refractivity contribution in [2.45, 2.75) is 27.4 Å². The minimum absolute atomic E-state index is 0.710. The SMILES string of the molecule is COCc1cc(C)c(C)c(C)c1. The van der Waals surface area contributed by atoms with E-state index in [0.717, 1.165) is 0 Å². The van der Waals surface area contributed by atoms with E-state index >= 15 is 0 Å². The molecular weight excluding hydrogens is 148 g/mol. The monoisotopic (exact) mass is 164 g/mol. The van der Waals surface area contributed by atoms with Crippen LogP contribution < -0.4 is 0 Å². The number of hydrogen-bond acceptors (Lipinski definition) is 1. The Labute approximate surface area is 74.4 Å². The largest absolute Gasteiger partial charge is 0.380 e. The fraction of sp³-hybridized carbons (Fsp3) is 0.455. The van der Waals surface area contributed by atoms with Gasteiger partial charge in [0.25, 0.3) is 0 Å². The molecule has 0 aliphatic carbocycles. The topological polar surface area (TPSA) is 9.23 Å². The second-order valence-corrected chi connectivity index (χ2v) is 3.29. The molecule has 66 valence electrons. The molecule has 1 rings (SSSR count). The summed E-state index contributed by atoms with van der Waals surface area (Å²) in [6.07, 6.45) is 0. The van der Waals surface area contributed by atoms with E-state index in [1.54, 1.807) is 7.11 Å². The van der Waals surface area contributed by atoms with Crippen LogP contribution in [0.5, 0.6) is 0 Å². The lowest BCUT2D eigenvalue weighted by Crippen LogP contribution is -1.93. The van der Waals surface area contributed by atoms with Gasteiger partial charge >= 0.3 is 0 Å². The first-order chi connectivity index (χ1) is 5.65. The minimum atomic E-state index is 0.710. The van der Waals surface area contributed by atoms with Crippen LogP contribution in [-0.2, 0) is 11.3 Å². The molecule has 0 heterocycles. The van der Waals surface area contributed by atoms with Gasteiger partial charge in [-0.15, -0.1) is 0 Å². The third-order valence-electron chi connectivity index (χ3n) is 2.30. The molecule has 0 spiro atoms. The van der Waals surface area contributed by atoms with Crippen molar-refractivity contribution in [1.82, 2.24) is 0 Å². The van der Waals surface area contributed by atoms with Crippen molar-refractivity contribution in [2.24, 2.45) is 0 Å². The average Bonchev–Trinajstić information content (AvgIpc) is 2.01. The van der Waals surface area contributed by atoms with Crippen molar-refractivity contribution in [1.29, 1.82) is 0 Å². The minimum Gasteiger partial charge on any atom is -0.380 e. The summed E-state index contributed by atoms with van der Waals surface area (Å²) in [4.78, 5) is 0. The number of hydrogen-bond donors (Lipinski definition) is 0. The second-order valence-electron chi connectivity index (χ2n) is 3.29. The Balaban J connectivity index is 3.04. The number of methoxy groups -OCH3 is 1. The summed E-state index contributed by atoms with van der Waals surface area (Å²) in [5.74, 6) is 0. The van der Waals surface area contributed by atoms with E-state index in [1.165, 1.54) is 22.3 Å². The third-order valence-corrected chi connectivity index (χ3v) is 2.30. The molecule has 1 aromatic carbocycles. The van der Waals surface area contributed by atoms with Crippen LogP contribution in [0.25, 0.3) is 0 Å². The molecule has 1 aromatic rings. The van der Waals surface area contributed by atoms with Crippen molar-refractivity contribution in [3.05, 3.63) is 34.4 Å². The molecule has 0 atom stereocenters. The van der Waals surface area contributed by atoms with Gasteiger partial charge in [0, 0.05) is 7.11 Å². The maximum absolute atomic E-state index is 5.08. The van der Waals surface area contributed by atoms with Crippen molar-refractivity contribution < 1.29 is 4.74 Å². The summed E-state index contributed by atoms with van der Waals surface area (Å²) in [5, 5.41) is 0. The van der Waals surface area contributed by atoms with Crippen LogP contribution in [0.4, 0.5) is 0 Å². The van der Waals surface area contributed by atoms with Gasteiger partial charge in [-0.1, -0.05) is 12.1 Å². The van der Waals surface area contributed by atoms with E-state index < -0.39 is 0 Å². The highest BCUT2D eigenvalue weighted by atomic mass is 16.5. The molecule has 1 heteroatoms. The van der Waals surface area contributed by atoms with E-state index in [4.69, 9.17) is 4.74 Å². The fourth-order valence-corrected chi connectivity index (χ4v) is 1.38. The summed E-state index contributed by atoms with van der Waals surface area (Å²) in [5.41, 5.74) is 5.34. The van der Waals surface area contributed by atoms with Gasteiger partial charge in [-0.3, -0.25) is 0 Å². The van der Waals surface area contributed by atoms with Gasteiger partial charge in [0.1, 0.15) is 0 Å². The predicted octanol–water partition coefficient (Wildman–Crippen LogP) is 2.76. The highest BCUT2D eigenvalue weighted by Gasteiger charge is 1.99. The van der Waals surface area contributed by atoms with Gasteiger partial charge in [-0.05, 0) is 43.0 Å². The predicted molar refractivity (Wildman–Crippen MR) is 51.4 cm³/mol. The Morgan fingerprint density at radius 1 is 1.08 bits per heavy atom. The highest BCUT2D eigenvalue weighted by Crippen LogP contribution is 2.15.